The van der Waals surface area contributed by atoms with Gasteiger partial charge in [-0.15, -0.1) is 0 Å². The van der Waals surface area contributed by atoms with Crippen LogP contribution in [-0.4, -0.2) is 36.2 Å². The Labute approximate surface area is 118 Å². The number of amides is 1. The van der Waals surface area contributed by atoms with E-state index in [0.717, 1.165) is 16.9 Å². The Balaban J connectivity index is 2.83. The maximum absolute atomic E-state index is 12.0. The number of aliphatic hydroxyl groups excluding tert-OH is 1. The Morgan fingerprint density at radius 3 is 2.95 bits per heavy atom. The molecule has 1 amide bonds. The maximum Gasteiger partial charge on any atom is 0.251 e. The van der Waals surface area contributed by atoms with E-state index in [1.165, 1.54) is 0 Å². The lowest BCUT2D eigenvalue weighted by Crippen LogP contribution is -2.26. The van der Waals surface area contributed by atoms with Crippen LogP contribution in [0.15, 0.2) is 18.2 Å². The van der Waals surface area contributed by atoms with E-state index in [4.69, 9.17) is 5.11 Å². The van der Waals surface area contributed by atoms with Gasteiger partial charge in [-0.2, -0.15) is 11.8 Å². The van der Waals surface area contributed by atoms with Crippen LogP contribution in [0.25, 0.3) is 0 Å². The first kappa shape index (κ1) is 15.6. The van der Waals surface area contributed by atoms with Crippen LogP contribution in [-0.2, 0) is 0 Å². The van der Waals surface area contributed by atoms with E-state index in [9.17, 15) is 4.79 Å². The van der Waals surface area contributed by atoms with Gasteiger partial charge in [0.05, 0.1) is 6.61 Å². The number of aliphatic hydroxyl groups is 1. The molecule has 0 unspecified atom stereocenters. The Morgan fingerprint density at radius 1 is 1.47 bits per heavy atom. The summed E-state index contributed by atoms with van der Waals surface area (Å²) in [4.78, 5) is 12.0. The third-order valence-corrected chi connectivity index (χ3v) is 3.24. The summed E-state index contributed by atoms with van der Waals surface area (Å²) in [5.41, 5.74) is 2.39. The largest absolute Gasteiger partial charge is 0.395 e. The minimum absolute atomic E-state index is 0.0565. The highest BCUT2D eigenvalue weighted by Crippen LogP contribution is 2.12. The Morgan fingerprint density at radius 2 is 2.26 bits per heavy atom. The summed E-state index contributed by atoms with van der Waals surface area (Å²) in [5, 5.41) is 11.6. The number of carbonyl (C=O) groups excluding carboxylic acids is 1. The van der Waals surface area contributed by atoms with Gasteiger partial charge in [-0.3, -0.25) is 4.79 Å². The fourth-order valence-electron chi connectivity index (χ4n) is 1.59. The van der Waals surface area contributed by atoms with E-state index in [-0.39, 0.29) is 12.5 Å². The van der Waals surface area contributed by atoms with Crippen molar-refractivity contribution in [2.75, 3.05) is 25.2 Å². The number of benzene rings is 1. The zero-order valence-corrected chi connectivity index (χ0v) is 12.1. The topological polar surface area (TPSA) is 49.3 Å². The number of thioether (sulfide) groups is 1. The number of hydrogen-bond acceptors (Lipinski definition) is 3. The first-order valence-corrected chi connectivity index (χ1v) is 7.56. The van der Waals surface area contributed by atoms with Crippen LogP contribution in [0.3, 0.4) is 0 Å². The molecule has 0 aliphatic carbocycles. The van der Waals surface area contributed by atoms with E-state index in [2.05, 4.69) is 17.2 Å². The van der Waals surface area contributed by atoms with Gasteiger partial charge in [0, 0.05) is 29.8 Å². The molecule has 1 rings (SSSR count). The highest BCUT2D eigenvalue weighted by atomic mass is 32.2. The SMILES string of the molecule is CSCCNC(=O)c1cccc(C#CCCO)c1C. The van der Waals surface area contributed by atoms with E-state index in [0.29, 0.717) is 18.5 Å². The van der Waals surface area contributed by atoms with E-state index in [1.807, 2.05) is 25.3 Å². The van der Waals surface area contributed by atoms with Crippen molar-refractivity contribution in [1.29, 1.82) is 0 Å². The highest BCUT2D eigenvalue weighted by molar-refractivity contribution is 7.98. The molecule has 0 spiro atoms. The molecule has 1 aromatic carbocycles. The third-order valence-electron chi connectivity index (χ3n) is 2.63. The van der Waals surface area contributed by atoms with Gasteiger partial charge in [-0.25, -0.2) is 0 Å². The van der Waals surface area contributed by atoms with Crippen LogP contribution in [0.5, 0.6) is 0 Å². The molecular weight excluding hydrogens is 258 g/mol. The van der Waals surface area contributed by atoms with Gasteiger partial charge in [0.15, 0.2) is 0 Å². The van der Waals surface area contributed by atoms with Crippen molar-refractivity contribution in [2.45, 2.75) is 13.3 Å². The average Bonchev–Trinajstić information content (AvgIpc) is 2.41. The van der Waals surface area contributed by atoms with Gasteiger partial charge < -0.3 is 10.4 Å². The highest BCUT2D eigenvalue weighted by Gasteiger charge is 2.09. The fourth-order valence-corrected chi connectivity index (χ4v) is 1.90. The number of nitrogens with one attached hydrogen (secondary N) is 1. The first-order chi connectivity index (χ1) is 9.20. The molecule has 0 radical (unpaired) electrons. The summed E-state index contributed by atoms with van der Waals surface area (Å²) in [6.45, 7) is 2.62. The number of carbonyl (C=O) groups is 1. The molecule has 0 heterocycles. The van der Waals surface area contributed by atoms with Crippen LogP contribution in [0, 0.1) is 18.8 Å². The molecule has 0 aliphatic heterocycles. The Hall–Kier alpha value is -1.44. The van der Waals surface area contributed by atoms with E-state index >= 15 is 0 Å². The lowest BCUT2D eigenvalue weighted by molar-refractivity contribution is 0.0955. The molecule has 0 fully saturated rings. The van der Waals surface area contributed by atoms with E-state index in [1.54, 1.807) is 17.8 Å². The van der Waals surface area contributed by atoms with Crippen molar-refractivity contribution in [1.82, 2.24) is 5.32 Å². The second-order valence-electron chi connectivity index (χ2n) is 4.00. The molecule has 4 heteroatoms. The molecule has 0 saturated heterocycles. The molecule has 3 nitrogen and oxygen atoms in total. The minimum atomic E-state index is -0.0580. The molecule has 0 aliphatic rings. The molecule has 0 saturated carbocycles. The van der Waals surface area contributed by atoms with Gasteiger partial charge in [0.25, 0.3) is 5.91 Å². The molecule has 102 valence electrons. The third kappa shape index (κ3) is 4.98. The zero-order valence-electron chi connectivity index (χ0n) is 11.3. The van der Waals surface area contributed by atoms with Crippen LogP contribution in [0.4, 0.5) is 0 Å². The van der Waals surface area contributed by atoms with Gasteiger partial charge in [-0.1, -0.05) is 17.9 Å². The summed E-state index contributed by atoms with van der Waals surface area (Å²) >= 11 is 1.70. The van der Waals surface area contributed by atoms with Crippen molar-refractivity contribution in [3.8, 4) is 11.8 Å². The second kappa shape index (κ2) is 8.63. The van der Waals surface area contributed by atoms with Gasteiger partial charge in [0.2, 0.25) is 0 Å². The van der Waals surface area contributed by atoms with Gasteiger partial charge in [-0.05, 0) is 30.9 Å². The normalized spacial score (nSPS) is 9.63. The summed E-state index contributed by atoms with van der Waals surface area (Å²) in [7, 11) is 0. The standard InChI is InChI=1S/C15H19NO2S/c1-12-13(6-3-4-10-17)7-5-8-14(12)15(18)16-9-11-19-2/h5,7-8,17H,4,9-11H2,1-2H3,(H,16,18). The Kier molecular flexibility index (Phi) is 7.09. The predicted octanol–water partition coefficient (Wildman–Crippen LogP) is 1.82. The Bertz CT molecular complexity index is 489. The summed E-state index contributed by atoms with van der Waals surface area (Å²) in [5.74, 6) is 6.70. The molecule has 1 aromatic rings. The fraction of sp³-hybridized carbons (Fsp3) is 0.400. The summed E-state index contributed by atoms with van der Waals surface area (Å²) < 4.78 is 0. The lowest BCUT2D eigenvalue weighted by Gasteiger charge is -2.08. The van der Waals surface area contributed by atoms with Crippen LogP contribution >= 0.6 is 11.8 Å². The van der Waals surface area contributed by atoms with Crippen LogP contribution in [0.2, 0.25) is 0 Å². The lowest BCUT2D eigenvalue weighted by atomic mass is 10.0. The second-order valence-corrected chi connectivity index (χ2v) is 4.99. The maximum atomic E-state index is 12.0. The molecule has 2 N–H and O–H groups in total. The van der Waals surface area contributed by atoms with Gasteiger partial charge >= 0.3 is 0 Å². The predicted molar refractivity (Wildman–Crippen MR) is 80.5 cm³/mol. The smallest absolute Gasteiger partial charge is 0.251 e. The van der Waals surface area contributed by atoms with Crippen molar-refractivity contribution < 1.29 is 9.90 Å². The van der Waals surface area contributed by atoms with Crippen LogP contribution < -0.4 is 5.32 Å². The molecule has 0 bridgehead atoms. The number of hydrogen-bond donors (Lipinski definition) is 2. The molecule has 0 atom stereocenters. The molecular formula is C15H19NO2S. The quantitative estimate of drug-likeness (QED) is 0.637. The monoisotopic (exact) mass is 277 g/mol. The van der Waals surface area contributed by atoms with Crippen molar-refractivity contribution in [3.63, 3.8) is 0 Å². The van der Waals surface area contributed by atoms with Crippen LogP contribution in [0.1, 0.15) is 27.9 Å². The number of rotatable bonds is 5. The summed E-state index contributed by atoms with van der Waals surface area (Å²) in [6.07, 6.45) is 2.46. The molecule has 19 heavy (non-hydrogen) atoms. The van der Waals surface area contributed by atoms with E-state index < -0.39 is 0 Å². The van der Waals surface area contributed by atoms with Crippen molar-refractivity contribution in [2.24, 2.45) is 0 Å². The first-order valence-electron chi connectivity index (χ1n) is 6.17. The summed E-state index contributed by atoms with van der Waals surface area (Å²) in [6, 6.07) is 5.53. The molecule has 0 aromatic heterocycles. The average molecular weight is 277 g/mol. The minimum Gasteiger partial charge on any atom is -0.395 e. The zero-order chi connectivity index (χ0) is 14.1. The van der Waals surface area contributed by atoms with Crippen molar-refractivity contribution in [3.05, 3.63) is 34.9 Å². The van der Waals surface area contributed by atoms with Gasteiger partial charge in [0.1, 0.15) is 0 Å². The van der Waals surface area contributed by atoms with Crippen molar-refractivity contribution >= 4 is 17.7 Å².